The zero-order valence-electron chi connectivity index (χ0n) is 19.6. The van der Waals surface area contributed by atoms with Crippen molar-refractivity contribution in [2.45, 2.75) is 9.79 Å². The maximum absolute atomic E-state index is 4.31. The highest BCUT2D eigenvalue weighted by molar-refractivity contribution is 7.99. The lowest BCUT2D eigenvalue weighted by Crippen LogP contribution is -1.91. The maximum atomic E-state index is 4.31. The molecule has 4 aromatic carbocycles. The molecule has 0 spiro atoms. The van der Waals surface area contributed by atoms with Crippen LogP contribution >= 0.6 is 11.8 Å². The van der Waals surface area contributed by atoms with Gasteiger partial charge in [0.05, 0.1) is 0 Å². The van der Waals surface area contributed by atoms with Gasteiger partial charge in [0.15, 0.2) is 11.6 Å². The first-order valence-corrected chi connectivity index (χ1v) is 12.5. The average Bonchev–Trinajstić information content (AvgIpc) is 2.99. The van der Waals surface area contributed by atoms with Gasteiger partial charge < -0.3 is 0 Å². The normalized spacial score (nSPS) is 10.8. The number of nitrogens with zero attached hydrogens (tertiary/aromatic N) is 6. The van der Waals surface area contributed by atoms with Gasteiger partial charge in [-0.2, -0.15) is 0 Å². The minimum absolute atomic E-state index is 0.658. The van der Waals surface area contributed by atoms with Gasteiger partial charge in [0, 0.05) is 20.9 Å². The number of benzene rings is 4. The molecule has 37 heavy (non-hydrogen) atoms. The smallest absolute Gasteiger partial charge is 0.162 e. The van der Waals surface area contributed by atoms with Crippen LogP contribution in [0.25, 0.3) is 45.0 Å². The molecule has 6 aromatic rings. The second-order valence-corrected chi connectivity index (χ2v) is 9.26. The van der Waals surface area contributed by atoms with Crippen LogP contribution in [0.4, 0.5) is 0 Å². The molecule has 0 aliphatic carbocycles. The van der Waals surface area contributed by atoms with E-state index < -0.39 is 0 Å². The third-order valence-electron chi connectivity index (χ3n) is 5.84. The summed E-state index contributed by atoms with van der Waals surface area (Å²) in [6, 6.07) is 33.5. The Morgan fingerprint density at radius 3 is 1.27 bits per heavy atom. The van der Waals surface area contributed by atoms with E-state index in [0.717, 1.165) is 43.2 Å². The van der Waals surface area contributed by atoms with Gasteiger partial charge in [-0.15, -0.1) is 0 Å². The summed E-state index contributed by atoms with van der Waals surface area (Å²) in [5.41, 5.74) is 6.42. The molecule has 2 aromatic heterocycles. The summed E-state index contributed by atoms with van der Waals surface area (Å²) in [6.07, 6.45) is 6.08. The Balaban J connectivity index is 1.37. The lowest BCUT2D eigenvalue weighted by Gasteiger charge is -2.14. The first kappa shape index (κ1) is 22.7. The molecule has 0 aliphatic rings. The Morgan fingerprint density at radius 1 is 0.405 bits per heavy atom. The van der Waals surface area contributed by atoms with Crippen molar-refractivity contribution in [2.24, 2.45) is 0 Å². The fourth-order valence-corrected chi connectivity index (χ4v) is 5.26. The van der Waals surface area contributed by atoms with E-state index in [4.69, 9.17) is 0 Å². The van der Waals surface area contributed by atoms with Crippen LogP contribution in [0.1, 0.15) is 0 Å². The summed E-state index contributed by atoms with van der Waals surface area (Å²) in [5, 5.41) is 0. The summed E-state index contributed by atoms with van der Waals surface area (Å²) in [5.74, 6) is 1.32. The molecule has 0 aliphatic heterocycles. The molecule has 0 saturated carbocycles. The predicted molar refractivity (Wildman–Crippen MR) is 146 cm³/mol. The van der Waals surface area contributed by atoms with Crippen molar-refractivity contribution in [2.75, 3.05) is 0 Å². The molecule has 0 N–H and O–H groups in total. The van der Waals surface area contributed by atoms with Crippen LogP contribution in [-0.2, 0) is 0 Å². The van der Waals surface area contributed by atoms with E-state index in [2.05, 4.69) is 103 Å². The van der Waals surface area contributed by atoms with Gasteiger partial charge in [-0.1, -0.05) is 84.6 Å². The molecular formula is C30H20N6S. The lowest BCUT2D eigenvalue weighted by molar-refractivity contribution is 1.06. The Kier molecular flexibility index (Phi) is 6.43. The second-order valence-electron chi connectivity index (χ2n) is 8.18. The number of hydrogen-bond donors (Lipinski definition) is 0. The van der Waals surface area contributed by atoms with Crippen LogP contribution in [0.15, 0.2) is 132 Å². The predicted octanol–water partition coefficient (Wildman–Crippen LogP) is 6.88. The monoisotopic (exact) mass is 496 g/mol. The Hall–Kier alpha value is -4.75. The van der Waals surface area contributed by atoms with Crippen molar-refractivity contribution in [3.63, 3.8) is 0 Å². The number of aromatic nitrogens is 6. The topological polar surface area (TPSA) is 77.3 Å². The third-order valence-corrected chi connectivity index (χ3v) is 7.00. The van der Waals surface area contributed by atoms with Gasteiger partial charge in [-0.25, -0.2) is 29.9 Å². The van der Waals surface area contributed by atoms with E-state index in [1.807, 2.05) is 24.3 Å². The van der Waals surface area contributed by atoms with Crippen LogP contribution in [-0.4, -0.2) is 29.9 Å². The second kappa shape index (κ2) is 10.5. The Bertz CT molecular complexity index is 1530. The van der Waals surface area contributed by atoms with Gasteiger partial charge in [0.1, 0.15) is 25.3 Å². The molecule has 6 nitrogen and oxygen atoms in total. The van der Waals surface area contributed by atoms with Crippen molar-refractivity contribution in [3.05, 3.63) is 122 Å². The quantitative estimate of drug-likeness (QED) is 0.249. The van der Waals surface area contributed by atoms with Crippen LogP contribution in [0.2, 0.25) is 0 Å². The number of rotatable bonds is 6. The van der Waals surface area contributed by atoms with Gasteiger partial charge in [-0.3, -0.25) is 0 Å². The summed E-state index contributed by atoms with van der Waals surface area (Å²) >= 11 is 1.75. The molecule has 0 unspecified atom stereocenters. The van der Waals surface area contributed by atoms with Gasteiger partial charge >= 0.3 is 0 Å². The highest BCUT2D eigenvalue weighted by atomic mass is 32.2. The molecule has 6 rings (SSSR count). The molecule has 176 valence electrons. The van der Waals surface area contributed by atoms with E-state index in [1.165, 1.54) is 25.3 Å². The van der Waals surface area contributed by atoms with Crippen LogP contribution in [0, 0.1) is 0 Å². The van der Waals surface area contributed by atoms with Crippen molar-refractivity contribution in [1.82, 2.24) is 29.9 Å². The lowest BCUT2D eigenvalue weighted by atomic mass is 10.0. The minimum atomic E-state index is 0.658. The molecule has 0 fully saturated rings. The first-order chi connectivity index (χ1) is 18.3. The SMILES string of the molecule is c1cc(-c2ncncn2)cc(-c2ccccc2Sc2ccccc2-c2cccc(-c3ncncn3)c2)c1. The molecule has 0 radical (unpaired) electrons. The van der Waals surface area contributed by atoms with E-state index in [1.54, 1.807) is 11.8 Å². The fraction of sp³-hybridized carbons (Fsp3) is 0. The average molecular weight is 497 g/mol. The van der Waals surface area contributed by atoms with Gasteiger partial charge in [-0.05, 0) is 46.5 Å². The fourth-order valence-electron chi connectivity index (χ4n) is 4.13. The zero-order valence-corrected chi connectivity index (χ0v) is 20.5. The standard InChI is InChI=1S/C30H20N6S/c1-3-13-27(25(11-1)21-7-5-9-23(15-21)29-33-17-31-18-34-29)37-28-14-4-2-12-26(28)22-8-6-10-24(16-22)30-35-19-32-20-36-30/h1-20H. The molecule has 0 saturated heterocycles. The highest BCUT2D eigenvalue weighted by Gasteiger charge is 2.13. The van der Waals surface area contributed by atoms with E-state index >= 15 is 0 Å². The van der Waals surface area contributed by atoms with E-state index in [0.29, 0.717) is 11.6 Å². The van der Waals surface area contributed by atoms with E-state index in [9.17, 15) is 0 Å². The Morgan fingerprint density at radius 2 is 0.811 bits per heavy atom. The largest absolute Gasteiger partial charge is 0.225 e. The Labute approximate surface area is 218 Å². The molecule has 0 bridgehead atoms. The molecule has 0 atom stereocenters. The van der Waals surface area contributed by atoms with Crippen molar-refractivity contribution in [1.29, 1.82) is 0 Å². The zero-order chi connectivity index (χ0) is 24.9. The van der Waals surface area contributed by atoms with Crippen LogP contribution in [0.3, 0.4) is 0 Å². The van der Waals surface area contributed by atoms with Crippen LogP contribution < -0.4 is 0 Å². The minimum Gasteiger partial charge on any atom is -0.225 e. The summed E-state index contributed by atoms with van der Waals surface area (Å²) in [7, 11) is 0. The van der Waals surface area contributed by atoms with Crippen molar-refractivity contribution in [3.8, 4) is 45.0 Å². The van der Waals surface area contributed by atoms with Gasteiger partial charge in [0.2, 0.25) is 0 Å². The molecular weight excluding hydrogens is 476 g/mol. The van der Waals surface area contributed by atoms with E-state index in [-0.39, 0.29) is 0 Å². The molecule has 2 heterocycles. The first-order valence-electron chi connectivity index (χ1n) is 11.7. The summed E-state index contributed by atoms with van der Waals surface area (Å²) in [6.45, 7) is 0. The van der Waals surface area contributed by atoms with Gasteiger partial charge in [0.25, 0.3) is 0 Å². The molecule has 7 heteroatoms. The number of hydrogen-bond acceptors (Lipinski definition) is 7. The summed E-state index contributed by atoms with van der Waals surface area (Å²) in [4.78, 5) is 27.4. The third kappa shape index (κ3) is 4.98. The van der Waals surface area contributed by atoms with Crippen molar-refractivity contribution < 1.29 is 0 Å². The summed E-state index contributed by atoms with van der Waals surface area (Å²) < 4.78 is 0. The molecule has 0 amide bonds. The highest BCUT2D eigenvalue weighted by Crippen LogP contribution is 2.41. The van der Waals surface area contributed by atoms with Crippen LogP contribution in [0.5, 0.6) is 0 Å². The maximum Gasteiger partial charge on any atom is 0.162 e. The van der Waals surface area contributed by atoms with Crippen molar-refractivity contribution >= 4 is 11.8 Å².